The van der Waals surface area contributed by atoms with Crippen molar-refractivity contribution in [3.05, 3.63) is 75.3 Å². The lowest BCUT2D eigenvalue weighted by atomic mass is 10.0. The Kier molecular flexibility index (Phi) is 5.86. The van der Waals surface area contributed by atoms with Crippen molar-refractivity contribution in [1.82, 2.24) is 14.9 Å². The van der Waals surface area contributed by atoms with Gasteiger partial charge in [-0.1, -0.05) is 50.2 Å². The standard InChI is InChI=1S/C21H24N4OS/c1-14(2)18-10-9-15(3)11-19(18)26-13-20-23-24-21(27)25(20)22-12-17-8-6-5-7-16(17)4/h5-12,14H,13H2,1-4H3,(H,24,27)/b22-12-. The van der Waals surface area contributed by atoms with Crippen LogP contribution in [0, 0.1) is 18.6 Å². The number of aromatic amines is 1. The van der Waals surface area contributed by atoms with Crippen LogP contribution in [0.15, 0.2) is 47.6 Å². The summed E-state index contributed by atoms with van der Waals surface area (Å²) in [5.74, 6) is 1.87. The lowest BCUT2D eigenvalue weighted by Gasteiger charge is -2.14. The van der Waals surface area contributed by atoms with Crippen LogP contribution in [-0.4, -0.2) is 21.1 Å². The molecule has 3 aromatic rings. The molecule has 1 heterocycles. The average Bonchev–Trinajstić information content (AvgIpc) is 2.99. The zero-order valence-electron chi connectivity index (χ0n) is 16.1. The minimum absolute atomic E-state index is 0.279. The Morgan fingerprint density at radius 3 is 2.74 bits per heavy atom. The minimum Gasteiger partial charge on any atom is -0.485 e. The third kappa shape index (κ3) is 4.52. The predicted molar refractivity (Wildman–Crippen MR) is 111 cm³/mol. The van der Waals surface area contributed by atoms with Crippen LogP contribution >= 0.6 is 12.2 Å². The highest BCUT2D eigenvalue weighted by Gasteiger charge is 2.11. The summed E-state index contributed by atoms with van der Waals surface area (Å²) in [4.78, 5) is 0. The fourth-order valence-electron chi connectivity index (χ4n) is 2.77. The summed E-state index contributed by atoms with van der Waals surface area (Å²) in [5.41, 5.74) is 4.51. The van der Waals surface area contributed by atoms with Crippen LogP contribution in [0.4, 0.5) is 0 Å². The number of aromatic nitrogens is 3. The molecule has 0 amide bonds. The zero-order chi connectivity index (χ0) is 19.4. The minimum atomic E-state index is 0.279. The Hall–Kier alpha value is -2.73. The average molecular weight is 381 g/mol. The fraction of sp³-hybridized carbons (Fsp3) is 0.286. The number of aryl methyl sites for hydroxylation is 2. The molecule has 1 aromatic heterocycles. The van der Waals surface area contributed by atoms with E-state index in [2.05, 4.69) is 54.3 Å². The van der Waals surface area contributed by atoms with E-state index in [-0.39, 0.29) is 6.61 Å². The van der Waals surface area contributed by atoms with Gasteiger partial charge < -0.3 is 4.74 Å². The fourth-order valence-corrected chi connectivity index (χ4v) is 2.97. The summed E-state index contributed by atoms with van der Waals surface area (Å²) < 4.78 is 8.11. The molecule has 0 fully saturated rings. The molecule has 6 heteroatoms. The van der Waals surface area contributed by atoms with Gasteiger partial charge in [0.05, 0.1) is 6.21 Å². The van der Waals surface area contributed by atoms with Gasteiger partial charge in [-0.2, -0.15) is 14.9 Å². The third-order valence-electron chi connectivity index (χ3n) is 4.37. The quantitative estimate of drug-likeness (QED) is 0.476. The van der Waals surface area contributed by atoms with Crippen molar-refractivity contribution in [3.8, 4) is 5.75 Å². The molecule has 0 aliphatic carbocycles. The Labute approximate surface area is 164 Å². The second-order valence-electron chi connectivity index (χ2n) is 6.84. The van der Waals surface area contributed by atoms with E-state index in [0.717, 1.165) is 22.4 Å². The van der Waals surface area contributed by atoms with Gasteiger partial charge in [0, 0.05) is 0 Å². The Morgan fingerprint density at radius 1 is 1.22 bits per heavy atom. The second kappa shape index (κ2) is 8.31. The first kappa shape index (κ1) is 19.0. The predicted octanol–water partition coefficient (Wildman–Crippen LogP) is 5.14. The van der Waals surface area contributed by atoms with Crippen LogP contribution in [0.25, 0.3) is 0 Å². The molecule has 0 atom stereocenters. The van der Waals surface area contributed by atoms with Crippen LogP contribution in [0.5, 0.6) is 5.75 Å². The van der Waals surface area contributed by atoms with Crippen LogP contribution in [0.1, 0.15) is 47.8 Å². The molecule has 0 radical (unpaired) electrons. The largest absolute Gasteiger partial charge is 0.485 e. The monoisotopic (exact) mass is 380 g/mol. The molecule has 0 spiro atoms. The SMILES string of the molecule is Cc1ccc(C(C)C)c(OCc2n[nH]c(=S)n2/N=C\c2ccccc2C)c1. The van der Waals surface area contributed by atoms with Gasteiger partial charge in [-0.25, -0.2) is 5.10 Å². The molecular formula is C21H24N4OS. The van der Waals surface area contributed by atoms with Gasteiger partial charge in [0.25, 0.3) is 0 Å². The highest BCUT2D eigenvalue weighted by molar-refractivity contribution is 7.71. The molecule has 27 heavy (non-hydrogen) atoms. The van der Waals surface area contributed by atoms with Gasteiger partial charge in [-0.05, 0) is 60.3 Å². The summed E-state index contributed by atoms with van der Waals surface area (Å²) >= 11 is 5.32. The number of benzene rings is 2. The number of hydrogen-bond acceptors (Lipinski definition) is 4. The molecule has 0 aliphatic heterocycles. The van der Waals surface area contributed by atoms with E-state index in [4.69, 9.17) is 17.0 Å². The molecule has 0 bridgehead atoms. The Morgan fingerprint density at radius 2 is 2.00 bits per heavy atom. The molecule has 0 saturated carbocycles. The summed E-state index contributed by atoms with van der Waals surface area (Å²) in [6, 6.07) is 14.3. The number of ether oxygens (including phenoxy) is 1. The van der Waals surface area contributed by atoms with Gasteiger partial charge in [-0.15, -0.1) is 0 Å². The maximum Gasteiger partial charge on any atom is 0.216 e. The summed E-state index contributed by atoms with van der Waals surface area (Å²) in [5, 5.41) is 11.6. The van der Waals surface area contributed by atoms with Gasteiger partial charge in [-0.3, -0.25) is 0 Å². The molecule has 0 unspecified atom stereocenters. The van der Waals surface area contributed by atoms with Crippen molar-refractivity contribution in [2.24, 2.45) is 5.10 Å². The van der Waals surface area contributed by atoms with Gasteiger partial charge in [0.1, 0.15) is 12.4 Å². The number of nitrogens with zero attached hydrogens (tertiary/aromatic N) is 3. The molecule has 0 saturated heterocycles. The lowest BCUT2D eigenvalue weighted by molar-refractivity contribution is 0.286. The molecule has 0 aliphatic rings. The maximum absolute atomic E-state index is 6.07. The zero-order valence-corrected chi connectivity index (χ0v) is 16.9. The van der Waals surface area contributed by atoms with Gasteiger partial charge >= 0.3 is 0 Å². The second-order valence-corrected chi connectivity index (χ2v) is 7.23. The van der Waals surface area contributed by atoms with E-state index in [9.17, 15) is 0 Å². The van der Waals surface area contributed by atoms with Crippen LogP contribution in [0.3, 0.4) is 0 Å². The van der Waals surface area contributed by atoms with E-state index >= 15 is 0 Å². The van der Waals surface area contributed by atoms with Crippen LogP contribution < -0.4 is 4.74 Å². The first-order chi connectivity index (χ1) is 13.0. The number of nitrogens with one attached hydrogen (secondary N) is 1. The molecule has 140 valence electrons. The number of hydrogen-bond donors (Lipinski definition) is 1. The van der Waals surface area contributed by atoms with E-state index in [1.54, 1.807) is 10.9 Å². The van der Waals surface area contributed by atoms with Crippen molar-refractivity contribution in [2.75, 3.05) is 0 Å². The van der Waals surface area contributed by atoms with Crippen LogP contribution in [-0.2, 0) is 6.61 Å². The number of rotatable bonds is 6. The maximum atomic E-state index is 6.07. The summed E-state index contributed by atoms with van der Waals surface area (Å²) in [6.45, 7) is 8.69. The molecule has 1 N–H and O–H groups in total. The molecule has 5 nitrogen and oxygen atoms in total. The first-order valence-electron chi connectivity index (χ1n) is 8.95. The van der Waals surface area contributed by atoms with Crippen molar-refractivity contribution >= 4 is 18.4 Å². The summed E-state index contributed by atoms with van der Waals surface area (Å²) in [6.07, 6.45) is 1.79. The first-order valence-corrected chi connectivity index (χ1v) is 9.36. The normalized spacial score (nSPS) is 11.4. The molecule has 2 aromatic carbocycles. The summed E-state index contributed by atoms with van der Waals surface area (Å²) in [7, 11) is 0. The van der Waals surface area contributed by atoms with E-state index in [1.807, 2.05) is 31.2 Å². The lowest BCUT2D eigenvalue weighted by Crippen LogP contribution is -2.06. The highest BCUT2D eigenvalue weighted by Crippen LogP contribution is 2.28. The Balaban J connectivity index is 1.83. The third-order valence-corrected chi connectivity index (χ3v) is 4.63. The van der Waals surface area contributed by atoms with E-state index in [1.165, 1.54) is 5.56 Å². The van der Waals surface area contributed by atoms with Crippen molar-refractivity contribution in [1.29, 1.82) is 0 Å². The van der Waals surface area contributed by atoms with Gasteiger partial charge in [0.2, 0.25) is 4.77 Å². The molecular weight excluding hydrogens is 356 g/mol. The van der Waals surface area contributed by atoms with E-state index in [0.29, 0.717) is 16.5 Å². The highest BCUT2D eigenvalue weighted by atomic mass is 32.1. The number of H-pyrrole nitrogens is 1. The van der Waals surface area contributed by atoms with Crippen molar-refractivity contribution in [2.45, 2.75) is 40.2 Å². The van der Waals surface area contributed by atoms with Crippen LogP contribution in [0.2, 0.25) is 0 Å². The van der Waals surface area contributed by atoms with Crippen molar-refractivity contribution < 1.29 is 4.74 Å². The topological polar surface area (TPSA) is 55.2 Å². The molecule has 3 rings (SSSR count). The van der Waals surface area contributed by atoms with E-state index < -0.39 is 0 Å². The Bertz CT molecular complexity index is 1020. The smallest absolute Gasteiger partial charge is 0.216 e. The van der Waals surface area contributed by atoms with Gasteiger partial charge in [0.15, 0.2) is 5.82 Å². The van der Waals surface area contributed by atoms with Crippen molar-refractivity contribution in [3.63, 3.8) is 0 Å².